The van der Waals surface area contributed by atoms with Gasteiger partial charge in [-0.05, 0) is 55.3 Å². The summed E-state index contributed by atoms with van der Waals surface area (Å²) in [5.74, 6) is 2.03. The van der Waals surface area contributed by atoms with Crippen LogP contribution in [0.2, 0.25) is 5.02 Å². The van der Waals surface area contributed by atoms with Crippen LogP contribution >= 0.6 is 11.6 Å². The average Bonchev–Trinajstić information content (AvgIpc) is 3.16. The molecule has 0 bridgehead atoms. The van der Waals surface area contributed by atoms with Crippen LogP contribution in [0, 0.1) is 12.3 Å². The van der Waals surface area contributed by atoms with Crippen molar-refractivity contribution in [2.24, 2.45) is 4.99 Å². The van der Waals surface area contributed by atoms with Gasteiger partial charge in [-0.3, -0.25) is 10.2 Å². The molecule has 1 N–H and O–H groups in total. The predicted octanol–water partition coefficient (Wildman–Crippen LogP) is 4.57. The molecule has 0 unspecified atom stereocenters. The van der Waals surface area contributed by atoms with E-state index in [0.717, 1.165) is 5.56 Å². The zero-order valence-corrected chi connectivity index (χ0v) is 19.1. The van der Waals surface area contributed by atoms with E-state index in [2.05, 4.69) is 4.99 Å². The molecule has 2 aliphatic rings. The van der Waals surface area contributed by atoms with Gasteiger partial charge in [0.1, 0.15) is 24.7 Å². The Labute approximate surface area is 196 Å². The summed E-state index contributed by atoms with van der Waals surface area (Å²) in [5, 5.41) is 9.86. The van der Waals surface area contributed by atoms with E-state index in [9.17, 15) is 4.79 Å². The number of hydrogen-bond donors (Lipinski definition) is 1. The lowest BCUT2D eigenvalue weighted by atomic mass is 10.1. The van der Waals surface area contributed by atoms with Gasteiger partial charge in [0.2, 0.25) is 0 Å². The third kappa shape index (κ3) is 4.85. The molecular weight excluding hydrogens is 446 g/mol. The number of amidine groups is 2. The normalized spacial score (nSPS) is 16.2. The number of hydroxylamine groups is 2. The molecule has 0 spiro atoms. The Hall–Kier alpha value is -3.78. The Bertz CT molecular complexity index is 1220. The van der Waals surface area contributed by atoms with Gasteiger partial charge in [-0.1, -0.05) is 23.7 Å². The second-order valence-electron chi connectivity index (χ2n) is 7.36. The summed E-state index contributed by atoms with van der Waals surface area (Å²) in [5.41, 5.74) is 1.81. The first-order valence-corrected chi connectivity index (χ1v) is 10.5. The highest BCUT2D eigenvalue weighted by molar-refractivity contribution is 6.33. The van der Waals surface area contributed by atoms with E-state index < -0.39 is 5.91 Å². The van der Waals surface area contributed by atoms with Crippen LogP contribution in [0.5, 0.6) is 17.2 Å². The van der Waals surface area contributed by atoms with E-state index in [1.807, 2.05) is 25.1 Å². The molecule has 1 amide bonds. The smallest absolute Gasteiger partial charge is 0.282 e. The van der Waals surface area contributed by atoms with Gasteiger partial charge in [-0.15, -0.1) is 5.06 Å². The summed E-state index contributed by atoms with van der Waals surface area (Å²) in [4.78, 5) is 21.8. The number of allylic oxidation sites excluding steroid dienone is 1. The number of rotatable bonds is 7. The van der Waals surface area contributed by atoms with Crippen LogP contribution in [-0.2, 0) is 9.63 Å². The molecule has 4 rings (SSSR count). The molecule has 2 aromatic rings. The lowest BCUT2D eigenvalue weighted by Crippen LogP contribution is -2.38. The highest BCUT2D eigenvalue weighted by Crippen LogP contribution is 2.30. The summed E-state index contributed by atoms with van der Waals surface area (Å²) in [6.45, 7) is 4.28. The maximum atomic E-state index is 12.4. The van der Waals surface area contributed by atoms with Crippen LogP contribution in [0.25, 0.3) is 6.08 Å². The lowest BCUT2D eigenvalue weighted by Gasteiger charge is -2.23. The van der Waals surface area contributed by atoms with Crippen molar-refractivity contribution in [2.45, 2.75) is 13.8 Å². The molecule has 0 radical (unpaired) electrons. The number of halogens is 1. The standard InChI is InChI=1S/C24H22ClN3O5/c1-14-4-6-20(21(10-14)30-3)32-9-8-31-19-7-5-16(13-18(19)25)12-17-23(26)28-22(27-24(17)29)11-15(2)33-28/h4-7,10-13,26H,8-9H2,1-3H3/b17-12-,26-23?. The number of fused-ring (bicyclic) bond motifs is 1. The van der Waals surface area contributed by atoms with E-state index in [-0.39, 0.29) is 18.0 Å². The number of nitrogens with zero attached hydrogens (tertiary/aromatic N) is 2. The van der Waals surface area contributed by atoms with Crippen LogP contribution in [0.15, 0.2) is 58.8 Å². The van der Waals surface area contributed by atoms with E-state index in [4.69, 9.17) is 36.1 Å². The number of benzene rings is 2. The van der Waals surface area contributed by atoms with Crippen molar-refractivity contribution in [1.29, 1.82) is 5.41 Å². The second kappa shape index (κ2) is 9.38. The van der Waals surface area contributed by atoms with E-state index >= 15 is 0 Å². The van der Waals surface area contributed by atoms with Crippen molar-refractivity contribution < 1.29 is 23.8 Å². The molecule has 9 heteroatoms. The topological polar surface area (TPSA) is 93.4 Å². The summed E-state index contributed by atoms with van der Waals surface area (Å²) >= 11 is 6.36. The van der Waals surface area contributed by atoms with Crippen LogP contribution in [0.4, 0.5) is 0 Å². The van der Waals surface area contributed by atoms with Gasteiger partial charge in [0.05, 0.1) is 17.7 Å². The maximum Gasteiger partial charge on any atom is 0.282 e. The fraction of sp³-hybridized carbons (Fsp3) is 0.208. The minimum atomic E-state index is -0.513. The number of aliphatic imine (C=N–C) groups is 1. The highest BCUT2D eigenvalue weighted by atomic mass is 35.5. The molecule has 2 aromatic carbocycles. The molecule has 2 aliphatic heterocycles. The minimum absolute atomic E-state index is 0.0850. The quantitative estimate of drug-likeness (QED) is 0.473. The van der Waals surface area contributed by atoms with Crippen molar-refractivity contribution in [3.8, 4) is 17.2 Å². The van der Waals surface area contributed by atoms with Crippen molar-refractivity contribution in [3.05, 3.63) is 70.0 Å². The predicted molar refractivity (Wildman–Crippen MR) is 125 cm³/mol. The molecule has 0 aromatic heterocycles. The zero-order chi connectivity index (χ0) is 23.5. The Morgan fingerprint density at radius 3 is 2.55 bits per heavy atom. The molecule has 170 valence electrons. The number of aryl methyl sites for hydroxylation is 1. The van der Waals surface area contributed by atoms with Gasteiger partial charge in [-0.25, -0.2) is 0 Å². The molecule has 33 heavy (non-hydrogen) atoms. The molecule has 0 saturated heterocycles. The Morgan fingerprint density at radius 2 is 1.82 bits per heavy atom. The summed E-state index contributed by atoms with van der Waals surface area (Å²) in [6.07, 6.45) is 3.15. The van der Waals surface area contributed by atoms with Crippen LogP contribution in [0.1, 0.15) is 18.1 Å². The lowest BCUT2D eigenvalue weighted by molar-refractivity contribution is -0.114. The maximum absolute atomic E-state index is 12.4. The summed E-state index contributed by atoms with van der Waals surface area (Å²) in [6, 6.07) is 10.8. The van der Waals surface area contributed by atoms with Crippen molar-refractivity contribution in [3.63, 3.8) is 0 Å². The number of carbonyl (C=O) groups is 1. The van der Waals surface area contributed by atoms with Gasteiger partial charge in [0, 0.05) is 6.08 Å². The third-order valence-corrected chi connectivity index (χ3v) is 5.16. The Morgan fingerprint density at radius 1 is 1.09 bits per heavy atom. The number of ether oxygens (including phenoxy) is 3. The third-order valence-electron chi connectivity index (χ3n) is 4.86. The van der Waals surface area contributed by atoms with Crippen molar-refractivity contribution in [2.75, 3.05) is 20.3 Å². The number of carbonyl (C=O) groups excluding carboxylic acids is 1. The van der Waals surface area contributed by atoms with Gasteiger partial charge < -0.3 is 19.0 Å². The monoisotopic (exact) mass is 467 g/mol. The SMILES string of the molecule is COc1cc(C)ccc1OCCOc1ccc(/C=C2/C(=N)N3OC(C)=CC3=NC2=O)cc1Cl. The first-order valence-electron chi connectivity index (χ1n) is 10.2. The van der Waals surface area contributed by atoms with Gasteiger partial charge in [-0.2, -0.15) is 4.99 Å². The summed E-state index contributed by atoms with van der Waals surface area (Å²) in [7, 11) is 1.60. The highest BCUT2D eigenvalue weighted by Gasteiger charge is 2.34. The largest absolute Gasteiger partial charge is 0.493 e. The Kier molecular flexibility index (Phi) is 6.37. The Balaban J connectivity index is 1.39. The molecule has 2 heterocycles. The average molecular weight is 468 g/mol. The first kappa shape index (κ1) is 22.4. The second-order valence-corrected chi connectivity index (χ2v) is 7.77. The van der Waals surface area contributed by atoms with Gasteiger partial charge in [0.15, 0.2) is 23.2 Å². The number of hydrogen-bond acceptors (Lipinski definition) is 6. The molecule has 0 saturated carbocycles. The van der Waals surface area contributed by atoms with Crippen molar-refractivity contribution in [1.82, 2.24) is 5.06 Å². The van der Waals surface area contributed by atoms with Crippen molar-refractivity contribution >= 4 is 35.3 Å². The van der Waals surface area contributed by atoms with E-state index in [1.54, 1.807) is 44.4 Å². The number of nitrogens with one attached hydrogen (secondary N) is 1. The first-order chi connectivity index (χ1) is 15.9. The molecule has 8 nitrogen and oxygen atoms in total. The van der Waals surface area contributed by atoms with E-state index in [0.29, 0.717) is 46.0 Å². The van der Waals surface area contributed by atoms with Gasteiger partial charge >= 0.3 is 0 Å². The fourth-order valence-electron chi connectivity index (χ4n) is 3.29. The van der Waals surface area contributed by atoms with Gasteiger partial charge in [0.25, 0.3) is 5.91 Å². The van der Waals surface area contributed by atoms with Crippen LogP contribution in [-0.4, -0.2) is 43.0 Å². The molecule has 0 atom stereocenters. The fourth-order valence-corrected chi connectivity index (χ4v) is 3.53. The molecule has 0 aliphatic carbocycles. The van der Waals surface area contributed by atoms with Crippen LogP contribution in [0.3, 0.4) is 0 Å². The van der Waals surface area contributed by atoms with E-state index in [1.165, 1.54) is 5.06 Å². The number of amides is 1. The molecular formula is C24H22ClN3O5. The summed E-state index contributed by atoms with van der Waals surface area (Å²) < 4.78 is 16.8. The zero-order valence-electron chi connectivity index (χ0n) is 18.3. The van der Waals surface area contributed by atoms with Crippen LogP contribution < -0.4 is 14.2 Å². The number of methoxy groups -OCH3 is 1. The molecule has 0 fully saturated rings. The minimum Gasteiger partial charge on any atom is -0.493 e.